The summed E-state index contributed by atoms with van der Waals surface area (Å²) in [6, 6.07) is 11.2. The topological polar surface area (TPSA) is 107 Å². The number of rotatable bonds is 6. The molecular weight excluding hydrogens is 392 g/mol. The van der Waals surface area contributed by atoms with Crippen LogP contribution in [0.4, 0.5) is 10.8 Å². The Morgan fingerprint density at radius 1 is 1.30 bits per heavy atom. The molecule has 3 rings (SSSR count). The van der Waals surface area contributed by atoms with Crippen molar-refractivity contribution in [3.63, 3.8) is 0 Å². The molecule has 0 aliphatic heterocycles. The fourth-order valence-electron chi connectivity index (χ4n) is 2.35. The van der Waals surface area contributed by atoms with Crippen molar-refractivity contribution in [1.82, 2.24) is 10.2 Å². The van der Waals surface area contributed by atoms with E-state index in [9.17, 15) is 14.9 Å². The average molecular weight is 405 g/mol. The molecular formula is C17H13ClN4O4S. The largest absolute Gasteiger partial charge is 0.496 e. The van der Waals surface area contributed by atoms with E-state index in [-0.39, 0.29) is 16.3 Å². The number of methoxy groups -OCH3 is 1. The number of anilines is 1. The molecule has 0 aliphatic rings. The van der Waals surface area contributed by atoms with E-state index in [4.69, 9.17) is 16.3 Å². The lowest BCUT2D eigenvalue weighted by atomic mass is 10.1. The number of nitro benzene ring substituents is 1. The van der Waals surface area contributed by atoms with Crippen molar-refractivity contribution in [1.29, 1.82) is 0 Å². The molecule has 10 heteroatoms. The number of hydrogen-bond donors (Lipinski definition) is 1. The van der Waals surface area contributed by atoms with Gasteiger partial charge in [0.25, 0.3) is 11.6 Å². The second-order valence-corrected chi connectivity index (χ2v) is 6.83. The van der Waals surface area contributed by atoms with Crippen LogP contribution in [0.25, 0.3) is 0 Å². The number of para-hydroxylation sites is 1. The maximum Gasteiger partial charge on any atom is 0.270 e. The number of non-ortho nitro benzene ring substituents is 1. The van der Waals surface area contributed by atoms with Gasteiger partial charge in [-0.2, -0.15) is 0 Å². The molecule has 0 aliphatic carbocycles. The normalized spacial score (nSPS) is 10.4. The molecule has 2 aromatic carbocycles. The molecule has 27 heavy (non-hydrogen) atoms. The molecule has 138 valence electrons. The Balaban J connectivity index is 1.72. The molecule has 1 aromatic heterocycles. The molecule has 1 N–H and O–H groups in total. The molecule has 0 fully saturated rings. The molecule has 8 nitrogen and oxygen atoms in total. The molecule has 0 atom stereocenters. The van der Waals surface area contributed by atoms with Crippen LogP contribution in [0.15, 0.2) is 42.5 Å². The van der Waals surface area contributed by atoms with E-state index in [1.807, 2.05) is 24.3 Å². The quantitative estimate of drug-likeness (QED) is 0.492. The van der Waals surface area contributed by atoms with Gasteiger partial charge in [-0.3, -0.25) is 20.2 Å². The first-order valence-corrected chi connectivity index (χ1v) is 8.87. The molecule has 3 aromatic rings. The molecule has 0 saturated carbocycles. The minimum Gasteiger partial charge on any atom is -0.496 e. The summed E-state index contributed by atoms with van der Waals surface area (Å²) in [6.07, 6.45) is 0.510. The minimum atomic E-state index is -0.581. The van der Waals surface area contributed by atoms with E-state index in [1.165, 1.54) is 23.5 Å². The Morgan fingerprint density at radius 3 is 2.78 bits per heavy atom. The Morgan fingerprint density at radius 2 is 2.07 bits per heavy atom. The van der Waals surface area contributed by atoms with Gasteiger partial charge in [0, 0.05) is 24.1 Å². The van der Waals surface area contributed by atoms with Gasteiger partial charge in [-0.1, -0.05) is 41.1 Å². The highest BCUT2D eigenvalue weighted by molar-refractivity contribution is 7.15. The van der Waals surface area contributed by atoms with Crippen molar-refractivity contribution in [2.75, 3.05) is 12.4 Å². The number of hydrogen-bond acceptors (Lipinski definition) is 7. The number of nitro groups is 1. The standard InChI is InChI=1S/C17H13ClN4O4S/c1-26-14-5-3-2-4-10(14)8-15-20-21-17(27-15)19-16(23)12-7-6-11(22(24)25)9-13(12)18/h2-7,9H,8H2,1H3,(H,19,21,23). The van der Waals surface area contributed by atoms with Crippen molar-refractivity contribution < 1.29 is 14.5 Å². The SMILES string of the molecule is COc1ccccc1Cc1nnc(NC(=O)c2ccc([N+](=O)[O-])cc2Cl)s1. The third kappa shape index (κ3) is 4.39. The third-order valence-electron chi connectivity index (χ3n) is 3.63. The van der Waals surface area contributed by atoms with Gasteiger partial charge in [-0.05, 0) is 12.1 Å². The van der Waals surface area contributed by atoms with Crippen LogP contribution in [0.1, 0.15) is 20.9 Å². The lowest BCUT2D eigenvalue weighted by Gasteiger charge is -2.05. The van der Waals surface area contributed by atoms with Gasteiger partial charge >= 0.3 is 0 Å². The first-order chi connectivity index (χ1) is 13.0. The molecule has 1 heterocycles. The van der Waals surface area contributed by atoms with E-state index in [2.05, 4.69) is 15.5 Å². The molecule has 0 bridgehead atoms. The lowest BCUT2D eigenvalue weighted by molar-refractivity contribution is -0.384. The highest BCUT2D eigenvalue weighted by Crippen LogP contribution is 2.26. The van der Waals surface area contributed by atoms with Crippen LogP contribution in [-0.2, 0) is 6.42 Å². The van der Waals surface area contributed by atoms with Crippen LogP contribution in [0.3, 0.4) is 0 Å². The number of ether oxygens (including phenoxy) is 1. The van der Waals surface area contributed by atoms with Crippen molar-refractivity contribution in [2.24, 2.45) is 0 Å². The third-order valence-corrected chi connectivity index (χ3v) is 4.78. The van der Waals surface area contributed by atoms with Crippen LogP contribution in [0.2, 0.25) is 5.02 Å². The number of nitrogens with one attached hydrogen (secondary N) is 1. The summed E-state index contributed by atoms with van der Waals surface area (Å²) in [5.74, 6) is 0.228. The van der Waals surface area contributed by atoms with E-state index in [0.717, 1.165) is 17.4 Å². The maximum absolute atomic E-state index is 12.3. The van der Waals surface area contributed by atoms with Crippen LogP contribution >= 0.6 is 22.9 Å². The number of carbonyl (C=O) groups excluding carboxylic acids is 1. The Hall–Kier alpha value is -3.04. The second-order valence-electron chi connectivity index (χ2n) is 5.36. The Labute approximate surface area is 162 Å². The van der Waals surface area contributed by atoms with Crippen molar-refractivity contribution in [3.8, 4) is 5.75 Å². The molecule has 1 amide bonds. The van der Waals surface area contributed by atoms with Crippen molar-refractivity contribution in [2.45, 2.75) is 6.42 Å². The highest BCUT2D eigenvalue weighted by atomic mass is 35.5. The van der Waals surface area contributed by atoms with E-state index >= 15 is 0 Å². The fourth-order valence-corrected chi connectivity index (χ4v) is 3.37. The summed E-state index contributed by atoms with van der Waals surface area (Å²) in [7, 11) is 1.60. The zero-order valence-corrected chi connectivity index (χ0v) is 15.6. The van der Waals surface area contributed by atoms with E-state index in [1.54, 1.807) is 7.11 Å². The van der Waals surface area contributed by atoms with E-state index < -0.39 is 10.8 Å². The summed E-state index contributed by atoms with van der Waals surface area (Å²) in [5, 5.41) is 22.4. The zero-order chi connectivity index (χ0) is 19.4. The number of halogens is 1. The average Bonchev–Trinajstić information content (AvgIpc) is 3.08. The van der Waals surface area contributed by atoms with Crippen molar-refractivity contribution in [3.05, 3.63) is 73.7 Å². The molecule has 0 unspecified atom stereocenters. The van der Waals surface area contributed by atoms with Crippen LogP contribution in [-0.4, -0.2) is 28.1 Å². The lowest BCUT2D eigenvalue weighted by Crippen LogP contribution is -2.12. The predicted octanol–water partition coefficient (Wildman–Crippen LogP) is 3.95. The zero-order valence-electron chi connectivity index (χ0n) is 14.0. The van der Waals surface area contributed by atoms with Gasteiger partial charge in [0.1, 0.15) is 10.8 Å². The second kappa shape index (κ2) is 8.11. The van der Waals surface area contributed by atoms with Gasteiger partial charge in [-0.25, -0.2) is 0 Å². The first kappa shape index (κ1) is 18.7. The predicted molar refractivity (Wildman–Crippen MR) is 102 cm³/mol. The van der Waals surface area contributed by atoms with Crippen LogP contribution in [0, 0.1) is 10.1 Å². The maximum atomic E-state index is 12.3. The monoisotopic (exact) mass is 404 g/mol. The van der Waals surface area contributed by atoms with Gasteiger partial charge in [0.2, 0.25) is 5.13 Å². The number of nitrogens with zero attached hydrogens (tertiary/aromatic N) is 3. The van der Waals surface area contributed by atoms with Crippen molar-refractivity contribution >= 4 is 39.7 Å². The first-order valence-electron chi connectivity index (χ1n) is 7.67. The van der Waals surface area contributed by atoms with Gasteiger partial charge in [0.05, 0.1) is 22.6 Å². The van der Waals surface area contributed by atoms with Crippen LogP contribution in [0.5, 0.6) is 5.75 Å². The van der Waals surface area contributed by atoms with Gasteiger partial charge < -0.3 is 4.74 Å². The number of benzene rings is 2. The summed E-state index contributed by atoms with van der Waals surface area (Å²) >= 11 is 7.19. The summed E-state index contributed by atoms with van der Waals surface area (Å²) in [4.78, 5) is 22.5. The minimum absolute atomic E-state index is 0.0135. The summed E-state index contributed by atoms with van der Waals surface area (Å²) < 4.78 is 5.31. The molecule has 0 spiro atoms. The summed E-state index contributed by atoms with van der Waals surface area (Å²) in [6.45, 7) is 0. The number of carbonyl (C=O) groups is 1. The fraction of sp³-hybridized carbons (Fsp3) is 0.118. The van der Waals surface area contributed by atoms with E-state index in [0.29, 0.717) is 16.6 Å². The molecule has 0 radical (unpaired) electrons. The van der Waals surface area contributed by atoms with Gasteiger partial charge in [0.15, 0.2) is 0 Å². The molecule has 0 saturated heterocycles. The number of amides is 1. The van der Waals surface area contributed by atoms with Gasteiger partial charge in [-0.15, -0.1) is 10.2 Å². The highest BCUT2D eigenvalue weighted by Gasteiger charge is 2.17. The smallest absolute Gasteiger partial charge is 0.270 e. The van der Waals surface area contributed by atoms with Crippen LogP contribution < -0.4 is 10.1 Å². The Kier molecular flexibility index (Phi) is 5.63. The summed E-state index contributed by atoms with van der Waals surface area (Å²) in [5.41, 5.74) is 0.878. The Bertz CT molecular complexity index is 1010. The number of aromatic nitrogens is 2.